The molecule has 0 atom stereocenters. The number of halogens is 4. The Morgan fingerprint density at radius 2 is 1.71 bits per heavy atom. The molecule has 0 bridgehead atoms. The van der Waals surface area contributed by atoms with Gasteiger partial charge in [-0.25, -0.2) is 4.98 Å². The second kappa shape index (κ2) is 11.4. The minimum atomic E-state index is -4.86. The lowest BCUT2D eigenvalue weighted by Gasteiger charge is -2.29. The van der Waals surface area contributed by atoms with E-state index in [-0.39, 0.29) is 29.9 Å². The number of nitrogens with zero attached hydrogens (tertiary/aromatic N) is 2. The summed E-state index contributed by atoms with van der Waals surface area (Å²) in [6, 6.07) is 13.4. The van der Waals surface area contributed by atoms with E-state index in [2.05, 4.69) is 30.7 Å². The lowest BCUT2D eigenvalue weighted by molar-refractivity contribution is -0.274. The first-order valence-electron chi connectivity index (χ1n) is 11.2. The largest absolute Gasteiger partial charge is 0.573 e. The zero-order valence-corrected chi connectivity index (χ0v) is 19.9. The van der Waals surface area contributed by atoms with Crippen LogP contribution in [0.2, 0.25) is 0 Å². The summed E-state index contributed by atoms with van der Waals surface area (Å²) >= 11 is 0. The third-order valence-electron chi connectivity index (χ3n) is 5.93. The van der Waals surface area contributed by atoms with Crippen LogP contribution in [-0.4, -0.2) is 41.9 Å². The highest BCUT2D eigenvalue weighted by Gasteiger charge is 2.33. The maximum Gasteiger partial charge on any atom is 0.573 e. The van der Waals surface area contributed by atoms with Gasteiger partial charge in [0.15, 0.2) is 0 Å². The summed E-state index contributed by atoms with van der Waals surface area (Å²) in [6.45, 7) is 0.391. The van der Waals surface area contributed by atoms with E-state index >= 15 is 0 Å². The van der Waals surface area contributed by atoms with Crippen molar-refractivity contribution in [1.29, 1.82) is 0 Å². The minimum Gasteiger partial charge on any atom is -0.405 e. The summed E-state index contributed by atoms with van der Waals surface area (Å²) in [5, 5.41) is 10.2. The fourth-order valence-corrected chi connectivity index (χ4v) is 4.23. The van der Waals surface area contributed by atoms with Crippen LogP contribution >= 0.6 is 12.4 Å². The normalized spacial score (nSPS) is 17.8. The van der Waals surface area contributed by atoms with E-state index < -0.39 is 18.0 Å². The number of fused-ring (bicyclic) bond motifs is 1. The first-order chi connectivity index (χ1) is 16.3. The number of hydrogen-bond acceptors (Lipinski definition) is 6. The van der Waals surface area contributed by atoms with Crippen molar-refractivity contribution < 1.29 is 22.7 Å². The van der Waals surface area contributed by atoms with Gasteiger partial charge in [-0.3, -0.25) is 4.79 Å². The van der Waals surface area contributed by atoms with Crippen molar-refractivity contribution >= 4 is 41.0 Å². The van der Waals surface area contributed by atoms with E-state index in [1.165, 1.54) is 18.2 Å². The van der Waals surface area contributed by atoms with Crippen LogP contribution in [0.3, 0.4) is 0 Å². The van der Waals surface area contributed by atoms with E-state index in [9.17, 15) is 18.0 Å². The summed E-state index contributed by atoms with van der Waals surface area (Å²) in [5.41, 5.74) is 0.722. The molecule has 7 nitrogen and oxygen atoms in total. The fraction of sp³-hybridized carbons (Fsp3) is 0.375. The van der Waals surface area contributed by atoms with E-state index in [0.29, 0.717) is 12.5 Å². The number of aromatic nitrogens is 2. The van der Waals surface area contributed by atoms with Gasteiger partial charge < -0.3 is 20.7 Å². The average molecular weight is 510 g/mol. The molecule has 1 aliphatic rings. The Kier molecular flexibility index (Phi) is 8.61. The molecule has 0 aliphatic heterocycles. The standard InChI is InChI=1S/C24H26F3N5O2.ClH/c1-28-21-17-6-2-4-8-19(17)31-23(32-21)30-16-12-10-15(11-13-16)14-29-22(33)18-7-3-5-9-20(18)34-24(25,26)27;/h2-9,15-16H,10-14H2,1H3,(H,29,33)(H2,28,30,31,32);1H. The molecule has 1 saturated carbocycles. The number of ether oxygens (including phenoxy) is 1. The molecule has 3 aromatic rings. The first-order valence-corrected chi connectivity index (χ1v) is 11.2. The van der Waals surface area contributed by atoms with Crippen molar-refractivity contribution in [2.45, 2.75) is 38.1 Å². The second-order valence-corrected chi connectivity index (χ2v) is 8.28. The topological polar surface area (TPSA) is 88.2 Å². The molecular formula is C24H27ClF3N5O2. The van der Waals surface area contributed by atoms with Crippen molar-refractivity contribution in [2.75, 3.05) is 24.2 Å². The number of carbonyl (C=O) groups is 1. The molecule has 4 rings (SSSR count). The third-order valence-corrected chi connectivity index (χ3v) is 5.93. The van der Waals surface area contributed by atoms with Gasteiger partial charge in [-0.15, -0.1) is 25.6 Å². The Morgan fingerprint density at radius 3 is 2.43 bits per heavy atom. The van der Waals surface area contributed by atoms with Gasteiger partial charge in [0, 0.05) is 25.0 Å². The van der Waals surface area contributed by atoms with Crippen LogP contribution < -0.4 is 20.7 Å². The predicted molar refractivity (Wildman–Crippen MR) is 131 cm³/mol. The summed E-state index contributed by atoms with van der Waals surface area (Å²) in [5.74, 6) is 0.490. The third kappa shape index (κ3) is 6.88. The van der Waals surface area contributed by atoms with Gasteiger partial charge in [-0.2, -0.15) is 4.98 Å². The molecule has 0 saturated heterocycles. The number of nitrogens with one attached hydrogen (secondary N) is 3. The van der Waals surface area contributed by atoms with Gasteiger partial charge in [-0.1, -0.05) is 24.3 Å². The number of amides is 1. The van der Waals surface area contributed by atoms with Crippen LogP contribution in [0.25, 0.3) is 10.9 Å². The number of para-hydroxylation sites is 2. The van der Waals surface area contributed by atoms with Crippen LogP contribution in [0.1, 0.15) is 36.0 Å². The lowest BCUT2D eigenvalue weighted by atomic mass is 9.86. The molecule has 1 aliphatic carbocycles. The molecule has 0 radical (unpaired) electrons. The summed E-state index contributed by atoms with van der Waals surface area (Å²) in [7, 11) is 1.83. The number of carbonyl (C=O) groups excluding carboxylic acids is 1. The maximum atomic E-state index is 12.6. The fourth-order valence-electron chi connectivity index (χ4n) is 4.23. The van der Waals surface area contributed by atoms with Gasteiger partial charge in [0.05, 0.1) is 11.1 Å². The zero-order valence-electron chi connectivity index (χ0n) is 19.1. The van der Waals surface area contributed by atoms with Crippen molar-refractivity contribution in [3.63, 3.8) is 0 Å². The van der Waals surface area contributed by atoms with Crippen molar-refractivity contribution in [3.8, 4) is 5.75 Å². The van der Waals surface area contributed by atoms with E-state index in [1.807, 2.05) is 31.3 Å². The molecule has 35 heavy (non-hydrogen) atoms. The summed E-state index contributed by atoms with van der Waals surface area (Å²) in [4.78, 5) is 21.7. The van der Waals surface area contributed by atoms with E-state index in [0.717, 1.165) is 48.5 Å². The molecule has 3 N–H and O–H groups in total. The van der Waals surface area contributed by atoms with Crippen LogP contribution in [0.4, 0.5) is 24.9 Å². The summed E-state index contributed by atoms with van der Waals surface area (Å²) in [6.07, 6.45) is -1.38. The molecule has 0 unspecified atom stereocenters. The Morgan fingerprint density at radius 1 is 1.03 bits per heavy atom. The molecule has 11 heteroatoms. The number of rotatable bonds is 7. The minimum absolute atomic E-state index is 0. The molecule has 0 spiro atoms. The van der Waals surface area contributed by atoms with Crippen LogP contribution in [0.15, 0.2) is 48.5 Å². The predicted octanol–water partition coefficient (Wildman–Crippen LogP) is 5.39. The maximum absolute atomic E-state index is 12.6. The van der Waals surface area contributed by atoms with Crippen molar-refractivity contribution in [1.82, 2.24) is 15.3 Å². The highest BCUT2D eigenvalue weighted by atomic mass is 35.5. The quantitative estimate of drug-likeness (QED) is 0.395. The summed E-state index contributed by atoms with van der Waals surface area (Å²) < 4.78 is 41.8. The van der Waals surface area contributed by atoms with Gasteiger partial charge in [0.25, 0.3) is 5.91 Å². The SMILES string of the molecule is CNc1nc(NC2CCC(CNC(=O)c3ccccc3OC(F)(F)F)CC2)nc2ccccc12.Cl. The molecule has 1 heterocycles. The van der Waals surface area contributed by atoms with Gasteiger partial charge in [-0.05, 0) is 55.9 Å². The van der Waals surface area contributed by atoms with E-state index in [4.69, 9.17) is 0 Å². The Balaban J connectivity index is 0.00000342. The van der Waals surface area contributed by atoms with Gasteiger partial charge in [0.1, 0.15) is 11.6 Å². The van der Waals surface area contributed by atoms with Crippen LogP contribution in [0, 0.1) is 5.92 Å². The number of hydrogen-bond donors (Lipinski definition) is 3. The second-order valence-electron chi connectivity index (χ2n) is 8.28. The number of anilines is 2. The van der Waals surface area contributed by atoms with E-state index in [1.54, 1.807) is 0 Å². The Hall–Kier alpha value is -3.27. The molecular weight excluding hydrogens is 483 g/mol. The lowest BCUT2D eigenvalue weighted by Crippen LogP contribution is -2.34. The molecule has 2 aromatic carbocycles. The Bertz CT molecular complexity index is 1150. The van der Waals surface area contributed by atoms with Gasteiger partial charge in [0.2, 0.25) is 5.95 Å². The zero-order chi connectivity index (χ0) is 24.1. The molecule has 1 amide bonds. The van der Waals surface area contributed by atoms with Crippen molar-refractivity contribution in [2.24, 2.45) is 5.92 Å². The number of alkyl halides is 3. The smallest absolute Gasteiger partial charge is 0.405 e. The van der Waals surface area contributed by atoms with Crippen LogP contribution in [-0.2, 0) is 0 Å². The highest BCUT2D eigenvalue weighted by Crippen LogP contribution is 2.29. The average Bonchev–Trinajstić information content (AvgIpc) is 2.82. The monoisotopic (exact) mass is 509 g/mol. The Labute approximate surface area is 207 Å². The number of benzene rings is 2. The van der Waals surface area contributed by atoms with Gasteiger partial charge >= 0.3 is 6.36 Å². The molecule has 188 valence electrons. The highest BCUT2D eigenvalue weighted by molar-refractivity contribution is 5.96. The van der Waals surface area contributed by atoms with Crippen molar-refractivity contribution in [3.05, 3.63) is 54.1 Å². The first kappa shape index (κ1) is 26.3. The molecule has 1 aromatic heterocycles. The van der Waals surface area contributed by atoms with Crippen LogP contribution in [0.5, 0.6) is 5.75 Å². The molecule has 1 fully saturated rings.